The molecule has 0 aliphatic heterocycles. The van der Waals surface area contributed by atoms with Crippen LogP contribution in [0.1, 0.15) is 18.1 Å². The second-order valence-electron chi connectivity index (χ2n) is 5.68. The highest BCUT2D eigenvalue weighted by Crippen LogP contribution is 2.19. The quantitative estimate of drug-likeness (QED) is 0.401. The van der Waals surface area contributed by atoms with Gasteiger partial charge < -0.3 is 20.1 Å². The van der Waals surface area contributed by atoms with Gasteiger partial charge in [0.05, 0.1) is 6.61 Å². The maximum Gasteiger partial charge on any atom is 0.191 e. The van der Waals surface area contributed by atoms with E-state index in [1.165, 1.54) is 6.07 Å². The fourth-order valence-electron chi connectivity index (χ4n) is 2.45. The van der Waals surface area contributed by atoms with E-state index in [-0.39, 0.29) is 11.6 Å². The molecule has 0 bridgehead atoms. The van der Waals surface area contributed by atoms with Crippen LogP contribution in [-0.4, -0.2) is 26.2 Å². The van der Waals surface area contributed by atoms with Gasteiger partial charge in [-0.2, -0.15) is 0 Å². The van der Waals surface area contributed by atoms with Crippen molar-refractivity contribution in [1.82, 2.24) is 10.6 Å². The highest BCUT2D eigenvalue weighted by atomic mass is 19.1. The van der Waals surface area contributed by atoms with Gasteiger partial charge in [-0.1, -0.05) is 36.9 Å². The van der Waals surface area contributed by atoms with E-state index in [1.54, 1.807) is 19.2 Å². The molecule has 6 heteroatoms. The summed E-state index contributed by atoms with van der Waals surface area (Å²) >= 11 is 0. The molecule has 2 N–H and O–H groups in total. The lowest BCUT2D eigenvalue weighted by molar-refractivity contribution is 0.321. The predicted molar refractivity (Wildman–Crippen MR) is 107 cm³/mol. The standard InChI is InChI=1S/C21H26FN3O2/c1-4-12-27-19-9-7-6-8-17(19)15-25-21(23-3)24-14-16-10-11-20(26-5-2)18(22)13-16/h4,6-11,13H,1,5,12,14-15H2,2-3H3,(H2,23,24,25). The smallest absolute Gasteiger partial charge is 0.191 e. The van der Waals surface area contributed by atoms with E-state index in [9.17, 15) is 4.39 Å². The molecule has 27 heavy (non-hydrogen) atoms. The summed E-state index contributed by atoms with van der Waals surface area (Å²) in [5.41, 5.74) is 1.81. The number of para-hydroxylation sites is 1. The number of rotatable bonds is 9. The molecule has 0 saturated carbocycles. The van der Waals surface area contributed by atoms with E-state index >= 15 is 0 Å². The Hall–Kier alpha value is -3.02. The van der Waals surface area contributed by atoms with Crippen LogP contribution in [0.3, 0.4) is 0 Å². The summed E-state index contributed by atoms with van der Waals surface area (Å²) in [5, 5.41) is 6.41. The lowest BCUT2D eigenvalue weighted by atomic mass is 10.2. The predicted octanol–water partition coefficient (Wildman–Crippen LogP) is 3.65. The van der Waals surface area contributed by atoms with Gasteiger partial charge in [0.15, 0.2) is 17.5 Å². The van der Waals surface area contributed by atoms with Crippen molar-refractivity contribution in [3.63, 3.8) is 0 Å². The van der Waals surface area contributed by atoms with Gasteiger partial charge in [-0.25, -0.2) is 4.39 Å². The lowest BCUT2D eigenvalue weighted by Crippen LogP contribution is -2.36. The van der Waals surface area contributed by atoms with Crippen molar-refractivity contribution >= 4 is 5.96 Å². The molecule has 0 aliphatic rings. The number of aliphatic imine (C=N–C) groups is 1. The molecule has 5 nitrogen and oxygen atoms in total. The molecule has 0 aliphatic carbocycles. The van der Waals surface area contributed by atoms with Crippen molar-refractivity contribution < 1.29 is 13.9 Å². The molecule has 2 aromatic rings. The van der Waals surface area contributed by atoms with Crippen LogP contribution in [0.15, 0.2) is 60.1 Å². The maximum absolute atomic E-state index is 13.9. The van der Waals surface area contributed by atoms with Crippen LogP contribution < -0.4 is 20.1 Å². The first kappa shape index (κ1) is 20.3. The summed E-state index contributed by atoms with van der Waals surface area (Å²) in [5.74, 6) is 1.31. The van der Waals surface area contributed by atoms with Crippen molar-refractivity contribution in [2.75, 3.05) is 20.3 Å². The number of hydrogen-bond acceptors (Lipinski definition) is 3. The fraction of sp³-hybridized carbons (Fsp3) is 0.286. The highest BCUT2D eigenvalue weighted by molar-refractivity contribution is 5.79. The zero-order valence-electron chi connectivity index (χ0n) is 15.8. The van der Waals surface area contributed by atoms with Gasteiger partial charge in [-0.05, 0) is 30.7 Å². The summed E-state index contributed by atoms with van der Waals surface area (Å²) in [6.07, 6.45) is 1.71. The molecule has 0 fully saturated rings. The van der Waals surface area contributed by atoms with E-state index in [2.05, 4.69) is 22.2 Å². The van der Waals surface area contributed by atoms with Crippen LogP contribution in [0.25, 0.3) is 0 Å². The first-order valence-electron chi connectivity index (χ1n) is 8.85. The van der Waals surface area contributed by atoms with Crippen molar-refractivity contribution in [1.29, 1.82) is 0 Å². The number of benzene rings is 2. The van der Waals surface area contributed by atoms with E-state index in [0.717, 1.165) is 16.9 Å². The minimum Gasteiger partial charge on any atom is -0.491 e. The molecule has 0 aromatic heterocycles. The number of ether oxygens (including phenoxy) is 2. The summed E-state index contributed by atoms with van der Waals surface area (Å²) in [7, 11) is 1.69. The Kier molecular flexibility index (Phi) is 8.16. The number of nitrogens with one attached hydrogen (secondary N) is 2. The van der Waals surface area contributed by atoms with Crippen molar-refractivity contribution in [2.24, 2.45) is 4.99 Å². The van der Waals surface area contributed by atoms with Crippen LogP contribution in [0.4, 0.5) is 4.39 Å². The normalized spacial score (nSPS) is 11.0. The van der Waals surface area contributed by atoms with E-state index in [4.69, 9.17) is 9.47 Å². The second kappa shape index (κ2) is 10.9. The summed E-state index contributed by atoms with van der Waals surface area (Å²) < 4.78 is 24.8. The summed E-state index contributed by atoms with van der Waals surface area (Å²) in [6, 6.07) is 12.7. The van der Waals surface area contributed by atoms with Gasteiger partial charge >= 0.3 is 0 Å². The lowest BCUT2D eigenvalue weighted by Gasteiger charge is -2.15. The van der Waals surface area contributed by atoms with Gasteiger partial charge in [0, 0.05) is 25.7 Å². The van der Waals surface area contributed by atoms with E-state index in [1.807, 2.05) is 37.3 Å². The van der Waals surface area contributed by atoms with Crippen LogP contribution >= 0.6 is 0 Å². The van der Waals surface area contributed by atoms with Crippen LogP contribution in [0, 0.1) is 5.82 Å². The van der Waals surface area contributed by atoms with Crippen molar-refractivity contribution in [3.05, 3.63) is 72.1 Å². The monoisotopic (exact) mass is 371 g/mol. The molecule has 0 radical (unpaired) electrons. The zero-order valence-corrected chi connectivity index (χ0v) is 15.8. The molecule has 0 spiro atoms. The average molecular weight is 371 g/mol. The van der Waals surface area contributed by atoms with Crippen LogP contribution in [0.5, 0.6) is 11.5 Å². The Morgan fingerprint density at radius 3 is 2.59 bits per heavy atom. The van der Waals surface area contributed by atoms with Gasteiger partial charge in [-0.15, -0.1) is 0 Å². The third-order valence-corrected chi connectivity index (χ3v) is 3.76. The first-order chi connectivity index (χ1) is 13.2. The molecule has 2 aromatic carbocycles. The first-order valence-corrected chi connectivity index (χ1v) is 8.85. The Bertz CT molecular complexity index is 778. The molecule has 0 amide bonds. The number of halogens is 1. The second-order valence-corrected chi connectivity index (χ2v) is 5.68. The van der Waals surface area contributed by atoms with Gasteiger partial charge in [0.2, 0.25) is 0 Å². The maximum atomic E-state index is 13.9. The Labute approximate surface area is 159 Å². The summed E-state index contributed by atoms with van der Waals surface area (Å²) in [6.45, 7) is 7.36. The number of nitrogens with zero attached hydrogens (tertiary/aromatic N) is 1. The fourth-order valence-corrected chi connectivity index (χ4v) is 2.45. The minimum atomic E-state index is -0.368. The van der Waals surface area contributed by atoms with Gasteiger partial charge in [0.25, 0.3) is 0 Å². The Morgan fingerprint density at radius 1 is 1.11 bits per heavy atom. The van der Waals surface area contributed by atoms with E-state index < -0.39 is 0 Å². The van der Waals surface area contributed by atoms with Gasteiger partial charge in [-0.3, -0.25) is 4.99 Å². The third-order valence-electron chi connectivity index (χ3n) is 3.76. The molecule has 144 valence electrons. The molecular formula is C21H26FN3O2. The highest BCUT2D eigenvalue weighted by Gasteiger charge is 2.06. The Morgan fingerprint density at radius 2 is 1.89 bits per heavy atom. The van der Waals surface area contributed by atoms with Crippen LogP contribution in [0.2, 0.25) is 0 Å². The Balaban J connectivity index is 1.91. The average Bonchev–Trinajstić information content (AvgIpc) is 2.69. The molecule has 0 unspecified atom stereocenters. The molecule has 0 heterocycles. The number of hydrogen-bond donors (Lipinski definition) is 2. The minimum absolute atomic E-state index is 0.264. The largest absolute Gasteiger partial charge is 0.491 e. The molecule has 0 atom stereocenters. The number of guanidine groups is 1. The third kappa shape index (κ3) is 6.33. The molecule has 0 saturated heterocycles. The zero-order chi connectivity index (χ0) is 19.5. The van der Waals surface area contributed by atoms with Gasteiger partial charge in [0.1, 0.15) is 12.4 Å². The topological polar surface area (TPSA) is 54.9 Å². The molecule has 2 rings (SSSR count). The summed E-state index contributed by atoms with van der Waals surface area (Å²) in [4.78, 5) is 4.20. The van der Waals surface area contributed by atoms with Crippen LogP contribution in [-0.2, 0) is 13.1 Å². The van der Waals surface area contributed by atoms with E-state index in [0.29, 0.717) is 32.3 Å². The molecular weight excluding hydrogens is 345 g/mol. The SMILES string of the molecule is C=CCOc1ccccc1CNC(=NC)NCc1ccc(OCC)c(F)c1. The van der Waals surface area contributed by atoms with Crippen molar-refractivity contribution in [2.45, 2.75) is 20.0 Å². The van der Waals surface area contributed by atoms with Crippen molar-refractivity contribution in [3.8, 4) is 11.5 Å².